The van der Waals surface area contributed by atoms with Crippen LogP contribution in [-0.4, -0.2) is 31.4 Å². The number of nitriles is 2. The van der Waals surface area contributed by atoms with Crippen molar-refractivity contribution in [1.82, 2.24) is 0 Å². The Labute approximate surface area is 146 Å². The predicted molar refractivity (Wildman–Crippen MR) is 89.4 cm³/mol. The zero-order valence-corrected chi connectivity index (χ0v) is 14.9. The molecule has 0 aromatic carbocycles. The summed E-state index contributed by atoms with van der Waals surface area (Å²) >= 11 is 1.27. The number of nitrogens with zero attached hydrogens (tertiary/aromatic N) is 2. The van der Waals surface area contributed by atoms with Crippen LogP contribution in [0.15, 0.2) is 21.6 Å². The first-order chi connectivity index (χ1) is 11.5. The number of allylic oxidation sites excluding steroid dienone is 2. The van der Waals surface area contributed by atoms with Gasteiger partial charge in [-0.25, -0.2) is 9.59 Å². The highest BCUT2D eigenvalue weighted by molar-refractivity contribution is 8.02. The molecule has 0 aromatic rings. The summed E-state index contributed by atoms with van der Waals surface area (Å²) in [4.78, 5) is 24.6. The average molecular weight is 348 g/mol. The Morgan fingerprint density at radius 1 is 1.17 bits per heavy atom. The number of thioether (sulfide) groups is 1. The second kappa shape index (κ2) is 9.79. The lowest BCUT2D eigenvalue weighted by Gasteiger charge is -2.17. The molecule has 1 rings (SSSR count). The Bertz CT molecular complexity index is 652. The predicted octanol–water partition coefficient (Wildman–Crippen LogP) is 2.87. The summed E-state index contributed by atoms with van der Waals surface area (Å²) in [6.45, 7) is 3.69. The Balaban J connectivity index is 3.39. The number of ether oxygens (including phenoxy) is 2. The molecule has 0 N–H and O–H groups in total. The van der Waals surface area contributed by atoms with E-state index in [1.54, 1.807) is 20.1 Å². The van der Waals surface area contributed by atoms with E-state index in [2.05, 4.69) is 0 Å². The van der Waals surface area contributed by atoms with Gasteiger partial charge in [0, 0.05) is 10.8 Å². The molecule has 6 nitrogen and oxygen atoms in total. The van der Waals surface area contributed by atoms with Crippen LogP contribution in [0.4, 0.5) is 0 Å². The van der Waals surface area contributed by atoms with Crippen LogP contribution in [0.2, 0.25) is 0 Å². The first-order valence-corrected chi connectivity index (χ1v) is 8.93. The fourth-order valence-electron chi connectivity index (χ4n) is 2.71. The van der Waals surface area contributed by atoms with Crippen molar-refractivity contribution >= 4 is 23.7 Å². The molecule has 0 heterocycles. The number of hydrogen-bond acceptors (Lipinski definition) is 7. The van der Waals surface area contributed by atoms with Crippen molar-refractivity contribution in [2.45, 2.75) is 33.1 Å². The molecule has 0 spiro atoms. The van der Waals surface area contributed by atoms with Crippen LogP contribution in [0, 0.1) is 28.6 Å². The molecule has 0 aromatic heterocycles. The van der Waals surface area contributed by atoms with E-state index in [-0.39, 0.29) is 30.3 Å². The molecule has 0 aliphatic heterocycles. The van der Waals surface area contributed by atoms with Gasteiger partial charge in [-0.05, 0) is 44.9 Å². The molecule has 7 heteroatoms. The summed E-state index contributed by atoms with van der Waals surface area (Å²) < 4.78 is 9.88. The second-order valence-electron chi connectivity index (χ2n) is 4.95. The molecule has 0 radical (unpaired) electrons. The van der Waals surface area contributed by atoms with Gasteiger partial charge in [0.2, 0.25) is 0 Å². The highest BCUT2D eigenvalue weighted by Crippen LogP contribution is 2.43. The van der Waals surface area contributed by atoms with E-state index >= 15 is 0 Å². The lowest BCUT2D eigenvalue weighted by atomic mass is 9.95. The van der Waals surface area contributed by atoms with Gasteiger partial charge in [-0.1, -0.05) is 0 Å². The van der Waals surface area contributed by atoms with Gasteiger partial charge < -0.3 is 9.47 Å². The van der Waals surface area contributed by atoms with E-state index in [0.29, 0.717) is 23.3 Å². The van der Waals surface area contributed by atoms with Gasteiger partial charge in [0.15, 0.2) is 0 Å². The minimum atomic E-state index is -0.676. The molecule has 1 aliphatic carbocycles. The SMILES string of the molecule is CCOC(=O)/C(C#N)=C1\CCC[C@@H]1/C(SC)=C(/C#N)C(=O)OCC. The lowest BCUT2D eigenvalue weighted by molar-refractivity contribution is -0.138. The zero-order chi connectivity index (χ0) is 18.1. The first-order valence-electron chi connectivity index (χ1n) is 7.71. The normalized spacial score (nSPS) is 19.6. The van der Waals surface area contributed by atoms with Crippen LogP contribution in [0.3, 0.4) is 0 Å². The fraction of sp³-hybridized carbons (Fsp3) is 0.529. The van der Waals surface area contributed by atoms with Crippen molar-refractivity contribution in [2.75, 3.05) is 19.5 Å². The summed E-state index contributed by atoms with van der Waals surface area (Å²) in [5.41, 5.74) is 0.555. The largest absolute Gasteiger partial charge is 0.462 e. The minimum Gasteiger partial charge on any atom is -0.462 e. The number of carbonyl (C=O) groups excluding carboxylic acids is 2. The molecule has 1 aliphatic rings. The summed E-state index contributed by atoms with van der Waals surface area (Å²) in [6.07, 6.45) is 3.77. The van der Waals surface area contributed by atoms with Crippen molar-refractivity contribution in [3.05, 3.63) is 21.6 Å². The summed E-state index contributed by atoms with van der Waals surface area (Å²) in [5.74, 6) is -1.64. The van der Waals surface area contributed by atoms with Crippen LogP contribution in [0.25, 0.3) is 0 Å². The average Bonchev–Trinajstić information content (AvgIpc) is 3.02. The third-order valence-corrected chi connectivity index (χ3v) is 4.57. The molecule has 24 heavy (non-hydrogen) atoms. The first kappa shape index (κ1) is 19.8. The summed E-state index contributed by atoms with van der Waals surface area (Å²) in [6, 6.07) is 3.83. The van der Waals surface area contributed by atoms with Gasteiger partial charge in [0.05, 0.1) is 13.2 Å². The molecule has 0 unspecified atom stereocenters. The second-order valence-corrected chi connectivity index (χ2v) is 5.80. The van der Waals surface area contributed by atoms with Gasteiger partial charge in [-0.3, -0.25) is 0 Å². The van der Waals surface area contributed by atoms with Crippen LogP contribution in [0.5, 0.6) is 0 Å². The van der Waals surface area contributed by atoms with Crippen LogP contribution >= 0.6 is 11.8 Å². The smallest absolute Gasteiger partial charge is 0.349 e. The molecule has 0 saturated heterocycles. The van der Waals surface area contributed by atoms with Gasteiger partial charge in [-0.15, -0.1) is 11.8 Å². The Kier molecular flexibility index (Phi) is 8.08. The highest BCUT2D eigenvalue weighted by atomic mass is 32.2. The van der Waals surface area contributed by atoms with E-state index in [4.69, 9.17) is 9.47 Å². The van der Waals surface area contributed by atoms with Crippen molar-refractivity contribution in [3.63, 3.8) is 0 Å². The van der Waals surface area contributed by atoms with E-state index in [1.165, 1.54) is 11.8 Å². The molecule has 1 saturated carbocycles. The number of esters is 2. The van der Waals surface area contributed by atoms with Crippen LogP contribution in [0.1, 0.15) is 33.1 Å². The Hall–Kier alpha value is -2.25. The van der Waals surface area contributed by atoms with Gasteiger partial charge in [0.1, 0.15) is 23.3 Å². The maximum absolute atomic E-state index is 12.0. The Morgan fingerprint density at radius 3 is 2.29 bits per heavy atom. The third-order valence-electron chi connectivity index (χ3n) is 3.65. The van der Waals surface area contributed by atoms with Gasteiger partial charge in [-0.2, -0.15) is 10.5 Å². The van der Waals surface area contributed by atoms with Crippen molar-refractivity contribution < 1.29 is 19.1 Å². The van der Waals surface area contributed by atoms with Crippen molar-refractivity contribution in [1.29, 1.82) is 10.5 Å². The van der Waals surface area contributed by atoms with Crippen molar-refractivity contribution in [3.8, 4) is 12.1 Å². The minimum absolute atomic E-state index is 0.0213. The maximum atomic E-state index is 12.0. The molecular weight excluding hydrogens is 328 g/mol. The monoisotopic (exact) mass is 348 g/mol. The van der Waals surface area contributed by atoms with E-state index < -0.39 is 11.9 Å². The molecule has 1 atom stereocenters. The Morgan fingerprint density at radius 2 is 1.79 bits per heavy atom. The summed E-state index contributed by atoms with van der Waals surface area (Å²) in [7, 11) is 0. The summed E-state index contributed by atoms with van der Waals surface area (Å²) in [5, 5.41) is 18.7. The quantitative estimate of drug-likeness (QED) is 0.413. The number of hydrogen-bond donors (Lipinski definition) is 0. The van der Waals surface area contributed by atoms with E-state index in [1.807, 2.05) is 12.1 Å². The highest BCUT2D eigenvalue weighted by Gasteiger charge is 2.33. The number of carbonyl (C=O) groups is 2. The molecule has 0 bridgehead atoms. The molecule has 1 fully saturated rings. The fourth-order valence-corrected chi connectivity index (χ4v) is 3.59. The van der Waals surface area contributed by atoms with E-state index in [9.17, 15) is 20.1 Å². The third kappa shape index (κ3) is 4.39. The molecular formula is C17H20N2O4S. The van der Waals surface area contributed by atoms with Crippen molar-refractivity contribution in [2.24, 2.45) is 5.92 Å². The maximum Gasteiger partial charge on any atom is 0.349 e. The molecule has 0 amide bonds. The zero-order valence-electron chi connectivity index (χ0n) is 14.0. The van der Waals surface area contributed by atoms with Gasteiger partial charge in [0.25, 0.3) is 0 Å². The number of rotatable bonds is 6. The van der Waals surface area contributed by atoms with Gasteiger partial charge >= 0.3 is 11.9 Å². The van der Waals surface area contributed by atoms with Crippen LogP contribution < -0.4 is 0 Å². The topological polar surface area (TPSA) is 100 Å². The lowest BCUT2D eigenvalue weighted by Crippen LogP contribution is -2.15. The standard InChI is InChI=1S/C17H20N2O4S/c1-4-22-16(20)13(9-18)11-7-6-8-12(11)15(24-3)14(10-19)17(21)23-5-2/h12H,4-8H2,1-3H3/b13-11+,15-14+/t12-/m0/s1. The van der Waals surface area contributed by atoms with Crippen LogP contribution in [-0.2, 0) is 19.1 Å². The molecule has 128 valence electrons. The van der Waals surface area contributed by atoms with E-state index in [0.717, 1.165) is 6.42 Å².